The second kappa shape index (κ2) is 11.0. The fourth-order valence-corrected chi connectivity index (χ4v) is 4.57. The number of halogens is 5. The third-order valence-electron chi connectivity index (χ3n) is 5.76. The first-order valence-electron chi connectivity index (χ1n) is 11.6. The molecule has 196 valence electrons. The Morgan fingerprint density at radius 2 is 1.74 bits per heavy atom. The summed E-state index contributed by atoms with van der Waals surface area (Å²) in [5.41, 5.74) is 0.362. The van der Waals surface area contributed by atoms with Gasteiger partial charge in [0.25, 0.3) is 5.56 Å². The summed E-state index contributed by atoms with van der Waals surface area (Å²) in [4.78, 5) is 17.8. The number of alkyl halides is 3. The van der Waals surface area contributed by atoms with Crippen molar-refractivity contribution in [2.75, 3.05) is 0 Å². The van der Waals surface area contributed by atoms with Crippen LogP contribution in [0.25, 0.3) is 22.3 Å². The van der Waals surface area contributed by atoms with Gasteiger partial charge in [0.1, 0.15) is 18.2 Å². The lowest BCUT2D eigenvalue weighted by Gasteiger charge is -2.12. The van der Waals surface area contributed by atoms with Crippen molar-refractivity contribution in [3.05, 3.63) is 127 Å². The molecule has 5 rings (SSSR count). The van der Waals surface area contributed by atoms with E-state index in [1.54, 1.807) is 54.6 Å². The van der Waals surface area contributed by atoms with E-state index in [2.05, 4.69) is 32.7 Å². The monoisotopic (exact) mass is 643 g/mol. The van der Waals surface area contributed by atoms with E-state index in [0.29, 0.717) is 22.4 Å². The van der Waals surface area contributed by atoms with E-state index in [1.165, 1.54) is 30.5 Å². The molecule has 5 nitrogen and oxygen atoms in total. The molecule has 0 spiro atoms. The Kier molecular flexibility index (Phi) is 7.47. The Balaban J connectivity index is 1.50. The fourth-order valence-electron chi connectivity index (χ4n) is 3.88. The van der Waals surface area contributed by atoms with E-state index in [4.69, 9.17) is 4.74 Å². The van der Waals surface area contributed by atoms with Crippen molar-refractivity contribution in [1.29, 1.82) is 0 Å². The van der Waals surface area contributed by atoms with Crippen molar-refractivity contribution in [2.24, 2.45) is 5.10 Å². The van der Waals surface area contributed by atoms with Gasteiger partial charge in [-0.2, -0.15) is 22.9 Å². The minimum Gasteiger partial charge on any atom is -0.488 e. The van der Waals surface area contributed by atoms with Crippen LogP contribution in [0.2, 0.25) is 0 Å². The van der Waals surface area contributed by atoms with E-state index in [-0.39, 0.29) is 29.2 Å². The maximum Gasteiger partial charge on any atom is 0.416 e. The fraction of sp³-hybridized carbons (Fsp3) is 0.0690. The molecule has 0 saturated heterocycles. The van der Waals surface area contributed by atoms with Crippen LogP contribution >= 0.6 is 22.6 Å². The molecule has 0 bridgehead atoms. The number of rotatable bonds is 6. The third kappa shape index (κ3) is 6.00. The summed E-state index contributed by atoms with van der Waals surface area (Å²) in [6, 6.07) is 22.5. The predicted octanol–water partition coefficient (Wildman–Crippen LogP) is 7.29. The third-order valence-corrected chi connectivity index (χ3v) is 6.61. The van der Waals surface area contributed by atoms with Crippen LogP contribution in [0.3, 0.4) is 0 Å². The molecule has 4 aromatic carbocycles. The summed E-state index contributed by atoms with van der Waals surface area (Å²) in [6.45, 7) is 0.180. The SMILES string of the molecule is O=c1c2ccccc2nc(-c2cccc(C(F)(F)F)c2)n1N=Cc1ccc(OCc2cccc(F)c2)c(I)c1. The molecule has 39 heavy (non-hydrogen) atoms. The molecule has 0 N–H and O–H groups in total. The first kappa shape index (κ1) is 26.5. The first-order valence-corrected chi connectivity index (χ1v) is 12.7. The standard InChI is InChI=1S/C29H18F4IN3O2/c30-22-8-3-5-19(13-22)17-39-26-12-11-18(14-24(26)34)16-35-37-27(20-6-4-7-21(15-20)29(31,32)33)36-25-10-2-1-9-23(25)28(37)38/h1-16H,17H2. The summed E-state index contributed by atoms with van der Waals surface area (Å²) >= 11 is 2.09. The highest BCUT2D eigenvalue weighted by Crippen LogP contribution is 2.32. The van der Waals surface area contributed by atoms with Gasteiger partial charge in [0, 0.05) is 5.56 Å². The van der Waals surface area contributed by atoms with Crippen LogP contribution < -0.4 is 10.3 Å². The summed E-state index contributed by atoms with van der Waals surface area (Å²) in [5.74, 6) is 0.206. The second-order valence-electron chi connectivity index (χ2n) is 8.50. The molecule has 5 aromatic rings. The molecule has 0 aliphatic carbocycles. The average Bonchev–Trinajstić information content (AvgIpc) is 2.91. The number of hydrogen-bond acceptors (Lipinski definition) is 4. The highest BCUT2D eigenvalue weighted by Gasteiger charge is 2.31. The minimum absolute atomic E-state index is 0.0224. The lowest BCUT2D eigenvalue weighted by Crippen LogP contribution is -2.20. The Hall–Kier alpha value is -4.06. The molecule has 0 saturated carbocycles. The molecule has 1 heterocycles. The zero-order valence-electron chi connectivity index (χ0n) is 20.0. The molecular weight excluding hydrogens is 625 g/mol. The van der Waals surface area contributed by atoms with Gasteiger partial charge in [-0.1, -0.05) is 36.4 Å². The zero-order chi connectivity index (χ0) is 27.6. The van der Waals surface area contributed by atoms with Gasteiger partial charge < -0.3 is 4.74 Å². The number of ether oxygens (including phenoxy) is 1. The van der Waals surface area contributed by atoms with Crippen LogP contribution in [-0.2, 0) is 12.8 Å². The summed E-state index contributed by atoms with van der Waals surface area (Å²) in [7, 11) is 0. The number of aromatic nitrogens is 2. The Bertz CT molecular complexity index is 1770. The molecular formula is C29H18F4IN3O2. The van der Waals surface area contributed by atoms with Gasteiger partial charge in [-0.25, -0.2) is 9.37 Å². The molecule has 10 heteroatoms. The van der Waals surface area contributed by atoms with E-state index >= 15 is 0 Å². The molecule has 0 atom stereocenters. The highest BCUT2D eigenvalue weighted by atomic mass is 127. The van der Waals surface area contributed by atoms with Gasteiger partial charge in [0.05, 0.1) is 26.3 Å². The van der Waals surface area contributed by atoms with Crippen molar-refractivity contribution in [1.82, 2.24) is 9.66 Å². The topological polar surface area (TPSA) is 56.5 Å². The van der Waals surface area contributed by atoms with Crippen LogP contribution in [0.4, 0.5) is 17.6 Å². The zero-order valence-corrected chi connectivity index (χ0v) is 22.2. The second-order valence-corrected chi connectivity index (χ2v) is 9.66. The largest absolute Gasteiger partial charge is 0.488 e. The van der Waals surface area contributed by atoms with Crippen molar-refractivity contribution in [3.63, 3.8) is 0 Å². The van der Waals surface area contributed by atoms with Gasteiger partial charge in [-0.15, -0.1) is 0 Å². The molecule has 0 aliphatic heterocycles. The quantitative estimate of drug-likeness (QED) is 0.111. The van der Waals surface area contributed by atoms with Crippen LogP contribution in [0, 0.1) is 9.39 Å². The number of hydrogen-bond donors (Lipinski definition) is 0. The van der Waals surface area contributed by atoms with E-state index in [0.717, 1.165) is 20.4 Å². The molecule has 0 fully saturated rings. The Morgan fingerprint density at radius 3 is 2.51 bits per heavy atom. The number of para-hydroxylation sites is 1. The smallest absolute Gasteiger partial charge is 0.416 e. The Labute approximate surface area is 233 Å². The Morgan fingerprint density at radius 1 is 0.949 bits per heavy atom. The summed E-state index contributed by atoms with van der Waals surface area (Å²) in [5, 5.41) is 4.60. The van der Waals surface area contributed by atoms with Crippen LogP contribution in [-0.4, -0.2) is 15.9 Å². The lowest BCUT2D eigenvalue weighted by molar-refractivity contribution is -0.137. The lowest BCUT2D eigenvalue weighted by atomic mass is 10.1. The van der Waals surface area contributed by atoms with E-state index in [9.17, 15) is 22.4 Å². The van der Waals surface area contributed by atoms with Gasteiger partial charge in [-0.3, -0.25) is 4.79 Å². The summed E-state index contributed by atoms with van der Waals surface area (Å²) in [6.07, 6.45) is -3.14. The molecule has 0 radical (unpaired) electrons. The summed E-state index contributed by atoms with van der Waals surface area (Å²) < 4.78 is 61.1. The van der Waals surface area contributed by atoms with Crippen molar-refractivity contribution >= 4 is 39.7 Å². The highest BCUT2D eigenvalue weighted by molar-refractivity contribution is 14.1. The van der Waals surface area contributed by atoms with E-state index < -0.39 is 17.3 Å². The van der Waals surface area contributed by atoms with Crippen LogP contribution in [0.5, 0.6) is 5.75 Å². The van der Waals surface area contributed by atoms with Crippen LogP contribution in [0.1, 0.15) is 16.7 Å². The van der Waals surface area contributed by atoms with Gasteiger partial charge >= 0.3 is 6.18 Å². The number of benzene rings is 4. The first-order chi connectivity index (χ1) is 18.7. The van der Waals surface area contributed by atoms with Crippen molar-refractivity contribution in [2.45, 2.75) is 12.8 Å². The van der Waals surface area contributed by atoms with Gasteiger partial charge in [0.2, 0.25) is 0 Å². The molecule has 0 amide bonds. The molecule has 0 unspecified atom stereocenters. The van der Waals surface area contributed by atoms with Crippen LogP contribution in [0.15, 0.2) is 101 Å². The average molecular weight is 643 g/mol. The van der Waals surface area contributed by atoms with Gasteiger partial charge in [-0.05, 0) is 88.3 Å². The number of fused-ring (bicyclic) bond motifs is 1. The normalized spacial score (nSPS) is 11.8. The minimum atomic E-state index is -4.56. The maximum atomic E-state index is 13.4. The molecule has 1 aromatic heterocycles. The van der Waals surface area contributed by atoms with E-state index in [1.807, 2.05) is 0 Å². The number of nitrogens with zero attached hydrogens (tertiary/aromatic N) is 3. The van der Waals surface area contributed by atoms with Gasteiger partial charge in [0.15, 0.2) is 5.82 Å². The van der Waals surface area contributed by atoms with Crippen molar-refractivity contribution in [3.8, 4) is 17.1 Å². The van der Waals surface area contributed by atoms with Crippen molar-refractivity contribution < 1.29 is 22.3 Å². The predicted molar refractivity (Wildman–Crippen MR) is 149 cm³/mol. The maximum absolute atomic E-state index is 13.4. The molecule has 0 aliphatic rings.